The van der Waals surface area contributed by atoms with Gasteiger partial charge in [-0.15, -0.1) is 0 Å². The Labute approximate surface area is 160 Å². The maximum absolute atomic E-state index is 12.6. The van der Waals surface area contributed by atoms with E-state index < -0.39 is 6.04 Å². The van der Waals surface area contributed by atoms with Gasteiger partial charge in [0.15, 0.2) is 0 Å². The van der Waals surface area contributed by atoms with Crippen LogP contribution in [0.25, 0.3) is 0 Å². The van der Waals surface area contributed by atoms with Crippen LogP contribution in [-0.4, -0.2) is 83.8 Å². The van der Waals surface area contributed by atoms with Gasteiger partial charge in [0, 0.05) is 39.8 Å². The number of benzene rings is 1. The van der Waals surface area contributed by atoms with E-state index in [2.05, 4.69) is 24.1 Å². The Morgan fingerprint density at radius 1 is 1.11 bits per heavy atom. The molecule has 2 aliphatic heterocycles. The molecule has 2 aliphatic rings. The average Bonchev–Trinajstić information content (AvgIpc) is 2.86. The smallest absolute Gasteiger partial charge is 0.326 e. The van der Waals surface area contributed by atoms with Crippen molar-refractivity contribution in [3.8, 4) is 0 Å². The summed E-state index contributed by atoms with van der Waals surface area (Å²) in [4.78, 5) is 43.3. The summed E-state index contributed by atoms with van der Waals surface area (Å²) in [6, 6.07) is 9.80. The second-order valence-corrected chi connectivity index (χ2v) is 7.52. The van der Waals surface area contributed by atoms with Crippen LogP contribution in [0.1, 0.15) is 24.8 Å². The number of nitrogens with zero attached hydrogens (tertiary/aromatic N) is 4. The number of hydrogen-bond donors (Lipinski definition) is 0. The van der Waals surface area contributed by atoms with Crippen LogP contribution in [-0.2, 0) is 16.1 Å². The first-order chi connectivity index (χ1) is 12.9. The molecule has 0 aromatic heterocycles. The minimum absolute atomic E-state index is 0.0486. The highest BCUT2D eigenvalue weighted by Crippen LogP contribution is 2.21. The van der Waals surface area contributed by atoms with E-state index in [1.54, 1.807) is 7.05 Å². The number of amides is 4. The second kappa shape index (κ2) is 8.08. The van der Waals surface area contributed by atoms with Crippen LogP contribution in [0.2, 0.25) is 0 Å². The van der Waals surface area contributed by atoms with Gasteiger partial charge in [-0.25, -0.2) is 4.79 Å². The molecule has 0 aliphatic carbocycles. The van der Waals surface area contributed by atoms with Gasteiger partial charge in [0.05, 0.1) is 6.42 Å². The molecule has 2 heterocycles. The number of hydrogen-bond acceptors (Lipinski definition) is 4. The van der Waals surface area contributed by atoms with E-state index in [1.807, 2.05) is 23.1 Å². The van der Waals surface area contributed by atoms with Crippen molar-refractivity contribution in [1.82, 2.24) is 19.6 Å². The minimum atomic E-state index is -0.673. The summed E-state index contributed by atoms with van der Waals surface area (Å²) < 4.78 is 0. The van der Waals surface area contributed by atoms with E-state index in [4.69, 9.17) is 0 Å². The van der Waals surface area contributed by atoms with E-state index in [9.17, 15) is 14.4 Å². The topological polar surface area (TPSA) is 64.2 Å². The van der Waals surface area contributed by atoms with Gasteiger partial charge >= 0.3 is 6.03 Å². The highest BCUT2D eigenvalue weighted by Gasteiger charge is 2.42. The molecule has 0 bridgehead atoms. The lowest BCUT2D eigenvalue weighted by molar-refractivity contribution is -0.137. The first-order valence-electron chi connectivity index (χ1n) is 9.44. The predicted molar refractivity (Wildman–Crippen MR) is 102 cm³/mol. The molecule has 1 atom stereocenters. The minimum Gasteiger partial charge on any atom is -0.343 e. The molecule has 27 heavy (non-hydrogen) atoms. The van der Waals surface area contributed by atoms with Crippen LogP contribution < -0.4 is 0 Å². The zero-order valence-electron chi connectivity index (χ0n) is 16.3. The summed E-state index contributed by atoms with van der Waals surface area (Å²) in [5.74, 6) is -0.346. The van der Waals surface area contributed by atoms with Crippen molar-refractivity contribution in [2.75, 3.05) is 34.2 Å². The molecule has 0 spiro atoms. The molecule has 7 heteroatoms. The van der Waals surface area contributed by atoms with Crippen LogP contribution in [0.3, 0.4) is 0 Å². The zero-order chi connectivity index (χ0) is 19.6. The van der Waals surface area contributed by atoms with E-state index in [0.29, 0.717) is 19.1 Å². The van der Waals surface area contributed by atoms with Gasteiger partial charge in [-0.3, -0.25) is 19.4 Å². The van der Waals surface area contributed by atoms with Crippen molar-refractivity contribution in [2.45, 2.75) is 37.9 Å². The molecule has 1 unspecified atom stereocenters. The van der Waals surface area contributed by atoms with Crippen LogP contribution in [0, 0.1) is 0 Å². The summed E-state index contributed by atoms with van der Waals surface area (Å²) in [5, 5.41) is 0. The molecule has 2 saturated heterocycles. The fourth-order valence-electron chi connectivity index (χ4n) is 3.93. The highest BCUT2D eigenvalue weighted by molar-refractivity contribution is 6.05. The number of rotatable bonds is 5. The SMILES string of the molecule is CN1C(=O)C(CC(=O)N2CCC(N(C)Cc3ccccc3)CC2)N(C)C1=O. The van der Waals surface area contributed by atoms with Gasteiger partial charge in [-0.05, 0) is 25.5 Å². The molecule has 7 nitrogen and oxygen atoms in total. The third-order valence-electron chi connectivity index (χ3n) is 5.76. The summed E-state index contributed by atoms with van der Waals surface area (Å²) in [5.41, 5.74) is 1.29. The van der Waals surface area contributed by atoms with Gasteiger partial charge in [-0.1, -0.05) is 30.3 Å². The van der Waals surface area contributed by atoms with Crippen LogP contribution in [0.5, 0.6) is 0 Å². The normalized spacial score (nSPS) is 21.5. The van der Waals surface area contributed by atoms with Crippen LogP contribution >= 0.6 is 0 Å². The van der Waals surface area contributed by atoms with Gasteiger partial charge in [0.2, 0.25) is 5.91 Å². The quantitative estimate of drug-likeness (QED) is 0.733. The largest absolute Gasteiger partial charge is 0.343 e. The van der Waals surface area contributed by atoms with Gasteiger partial charge in [-0.2, -0.15) is 0 Å². The molecule has 1 aromatic carbocycles. The molecule has 0 radical (unpaired) electrons. The number of urea groups is 1. The van der Waals surface area contributed by atoms with E-state index in [-0.39, 0.29) is 24.3 Å². The van der Waals surface area contributed by atoms with Crippen molar-refractivity contribution in [3.63, 3.8) is 0 Å². The van der Waals surface area contributed by atoms with Gasteiger partial charge in [0.25, 0.3) is 5.91 Å². The summed E-state index contributed by atoms with van der Waals surface area (Å²) in [7, 11) is 5.16. The molecule has 2 fully saturated rings. The van der Waals surface area contributed by atoms with Gasteiger partial charge in [0.1, 0.15) is 6.04 Å². The van der Waals surface area contributed by atoms with Crippen molar-refractivity contribution in [3.05, 3.63) is 35.9 Å². The van der Waals surface area contributed by atoms with Crippen LogP contribution in [0.4, 0.5) is 4.79 Å². The maximum Gasteiger partial charge on any atom is 0.326 e. The number of imide groups is 1. The average molecular weight is 372 g/mol. The monoisotopic (exact) mass is 372 g/mol. The summed E-state index contributed by atoms with van der Waals surface area (Å²) in [6.07, 6.45) is 1.90. The molecular weight excluding hydrogens is 344 g/mol. The lowest BCUT2D eigenvalue weighted by Crippen LogP contribution is -2.47. The lowest BCUT2D eigenvalue weighted by Gasteiger charge is -2.37. The standard InChI is InChI=1S/C20H28N4O3/c1-21(14-15-7-5-4-6-8-15)16-9-11-24(12-10-16)18(25)13-17-19(26)23(3)20(27)22(17)2/h4-8,16-17H,9-14H2,1-3H3. The Bertz CT molecular complexity index is 700. The lowest BCUT2D eigenvalue weighted by atomic mass is 10.0. The third-order valence-corrected chi connectivity index (χ3v) is 5.76. The Morgan fingerprint density at radius 2 is 1.74 bits per heavy atom. The predicted octanol–water partition coefficient (Wildman–Crippen LogP) is 1.39. The summed E-state index contributed by atoms with van der Waals surface area (Å²) in [6.45, 7) is 2.28. The molecule has 3 rings (SSSR count). The van der Waals surface area contributed by atoms with Crippen molar-refractivity contribution >= 4 is 17.8 Å². The molecule has 0 N–H and O–H groups in total. The molecule has 4 amide bonds. The van der Waals surface area contributed by atoms with E-state index >= 15 is 0 Å². The molecule has 1 aromatic rings. The third kappa shape index (κ3) is 4.13. The highest BCUT2D eigenvalue weighted by atomic mass is 16.2. The first kappa shape index (κ1) is 19.4. The fraction of sp³-hybridized carbons (Fsp3) is 0.550. The van der Waals surface area contributed by atoms with Gasteiger partial charge < -0.3 is 9.80 Å². The fourth-order valence-corrected chi connectivity index (χ4v) is 3.93. The molecule has 0 saturated carbocycles. The Kier molecular flexibility index (Phi) is 5.79. The van der Waals surface area contributed by atoms with Crippen molar-refractivity contribution in [1.29, 1.82) is 0 Å². The van der Waals surface area contributed by atoms with Crippen molar-refractivity contribution in [2.24, 2.45) is 0 Å². The maximum atomic E-state index is 12.6. The Hall–Kier alpha value is -2.41. The Balaban J connectivity index is 1.49. The number of carbonyl (C=O) groups excluding carboxylic acids is 3. The summed E-state index contributed by atoms with van der Waals surface area (Å²) >= 11 is 0. The van der Waals surface area contributed by atoms with E-state index in [1.165, 1.54) is 17.5 Å². The number of likely N-dealkylation sites (tertiary alicyclic amines) is 1. The zero-order valence-corrected chi connectivity index (χ0v) is 16.3. The Morgan fingerprint density at radius 3 is 2.30 bits per heavy atom. The first-order valence-corrected chi connectivity index (χ1v) is 9.44. The number of carbonyl (C=O) groups is 3. The molecular formula is C20H28N4O3. The molecule has 146 valence electrons. The second-order valence-electron chi connectivity index (χ2n) is 7.52. The van der Waals surface area contributed by atoms with Crippen molar-refractivity contribution < 1.29 is 14.4 Å². The van der Waals surface area contributed by atoms with E-state index in [0.717, 1.165) is 24.3 Å². The number of piperidine rings is 1. The number of likely N-dealkylation sites (N-methyl/N-ethyl adjacent to an activating group) is 2. The van der Waals surface area contributed by atoms with Crippen LogP contribution in [0.15, 0.2) is 30.3 Å².